The third kappa shape index (κ3) is 4.77. The molecule has 0 bridgehead atoms. The maximum Gasteiger partial charge on any atom is 0.254 e. The number of carbonyl (C=O) groups excluding carboxylic acids is 1. The van der Waals surface area contributed by atoms with E-state index in [1.165, 1.54) is 0 Å². The highest BCUT2D eigenvalue weighted by Gasteiger charge is 2.28. The first kappa shape index (κ1) is 22.0. The van der Waals surface area contributed by atoms with Crippen LogP contribution in [0.1, 0.15) is 28.8 Å². The van der Waals surface area contributed by atoms with E-state index in [-0.39, 0.29) is 36.8 Å². The first-order valence-corrected chi connectivity index (χ1v) is 8.22. The van der Waals surface area contributed by atoms with Gasteiger partial charge >= 0.3 is 0 Å². The van der Waals surface area contributed by atoms with E-state index in [4.69, 9.17) is 5.73 Å². The fraction of sp³-hybridized carbons (Fsp3) is 0.389. The summed E-state index contributed by atoms with van der Waals surface area (Å²) in [5.74, 6) is 0.883. The van der Waals surface area contributed by atoms with Gasteiger partial charge in [0.15, 0.2) is 5.82 Å². The molecule has 1 fully saturated rings. The topological polar surface area (TPSA) is 75.4 Å². The zero-order valence-electron chi connectivity index (χ0n) is 15.0. The van der Waals surface area contributed by atoms with Crippen LogP contribution in [0.25, 0.3) is 0 Å². The number of halogens is 2. The SMILES string of the molecule is Cc1ccc(N)cc1C(=O)N(C)C1CCCN(c2cccnn2)C1.Cl.Cl. The van der Waals surface area contributed by atoms with Crippen LogP contribution in [0.2, 0.25) is 0 Å². The van der Waals surface area contributed by atoms with Crippen molar-refractivity contribution in [1.82, 2.24) is 15.1 Å². The third-order valence-corrected chi connectivity index (χ3v) is 4.64. The van der Waals surface area contributed by atoms with Gasteiger partial charge in [-0.25, -0.2) is 0 Å². The standard InChI is InChI=1S/C18H23N5O.2ClH/c1-13-7-8-14(19)11-16(13)18(24)22(2)15-5-4-10-23(12-15)17-6-3-9-20-21-17;;/h3,6-9,11,15H,4-5,10,12,19H2,1-2H3;2*1H. The molecule has 1 aliphatic rings. The molecule has 1 aromatic heterocycles. The van der Waals surface area contributed by atoms with Gasteiger partial charge in [-0.3, -0.25) is 4.79 Å². The van der Waals surface area contributed by atoms with Crippen LogP contribution < -0.4 is 10.6 Å². The van der Waals surface area contributed by atoms with Crippen molar-refractivity contribution in [3.63, 3.8) is 0 Å². The van der Waals surface area contributed by atoms with E-state index in [0.29, 0.717) is 11.3 Å². The van der Waals surface area contributed by atoms with Crippen molar-refractivity contribution in [3.05, 3.63) is 47.7 Å². The summed E-state index contributed by atoms with van der Waals surface area (Å²) < 4.78 is 0. The van der Waals surface area contributed by atoms with Gasteiger partial charge < -0.3 is 15.5 Å². The molecule has 0 saturated carbocycles. The molecule has 2 N–H and O–H groups in total. The lowest BCUT2D eigenvalue weighted by atomic mass is 10.0. The van der Waals surface area contributed by atoms with Gasteiger partial charge in [0, 0.05) is 43.6 Å². The Morgan fingerprint density at radius 2 is 2.08 bits per heavy atom. The van der Waals surface area contributed by atoms with Crippen LogP contribution in [-0.4, -0.2) is 47.2 Å². The molecule has 1 aromatic carbocycles. The van der Waals surface area contributed by atoms with Gasteiger partial charge in [0.25, 0.3) is 5.91 Å². The predicted octanol–water partition coefficient (Wildman–Crippen LogP) is 2.95. The number of aryl methyl sites for hydroxylation is 1. The molecule has 26 heavy (non-hydrogen) atoms. The highest BCUT2D eigenvalue weighted by Crippen LogP contribution is 2.22. The molecule has 142 valence electrons. The van der Waals surface area contributed by atoms with Crippen LogP contribution in [0.5, 0.6) is 0 Å². The second-order valence-corrected chi connectivity index (χ2v) is 6.31. The number of rotatable bonds is 3. The van der Waals surface area contributed by atoms with Crippen LogP contribution in [0.3, 0.4) is 0 Å². The first-order valence-electron chi connectivity index (χ1n) is 8.22. The number of nitrogen functional groups attached to an aromatic ring is 1. The molecule has 1 amide bonds. The Bertz CT molecular complexity index is 729. The summed E-state index contributed by atoms with van der Waals surface area (Å²) in [5, 5.41) is 8.13. The summed E-state index contributed by atoms with van der Waals surface area (Å²) >= 11 is 0. The Morgan fingerprint density at radius 3 is 2.77 bits per heavy atom. The van der Waals surface area contributed by atoms with Gasteiger partial charge in [0.1, 0.15) is 0 Å². The van der Waals surface area contributed by atoms with E-state index in [1.54, 1.807) is 12.3 Å². The van der Waals surface area contributed by atoms with Gasteiger partial charge in [-0.2, -0.15) is 5.10 Å². The number of amides is 1. The maximum atomic E-state index is 12.9. The molecule has 1 unspecified atom stereocenters. The summed E-state index contributed by atoms with van der Waals surface area (Å²) in [6, 6.07) is 9.47. The fourth-order valence-electron chi connectivity index (χ4n) is 3.17. The quantitative estimate of drug-likeness (QED) is 0.805. The summed E-state index contributed by atoms with van der Waals surface area (Å²) in [7, 11) is 1.87. The van der Waals surface area contributed by atoms with Crippen molar-refractivity contribution in [2.45, 2.75) is 25.8 Å². The second kappa shape index (κ2) is 9.59. The monoisotopic (exact) mass is 397 g/mol. The fourth-order valence-corrected chi connectivity index (χ4v) is 3.17. The first-order chi connectivity index (χ1) is 11.6. The number of piperidine rings is 1. The predicted molar refractivity (Wildman–Crippen MR) is 109 cm³/mol. The van der Waals surface area contributed by atoms with Crippen molar-refractivity contribution in [1.29, 1.82) is 0 Å². The van der Waals surface area contributed by atoms with Crippen molar-refractivity contribution in [3.8, 4) is 0 Å². The molecule has 1 aliphatic heterocycles. The zero-order chi connectivity index (χ0) is 17.1. The average Bonchev–Trinajstić information content (AvgIpc) is 2.63. The number of benzene rings is 1. The molecule has 0 aliphatic carbocycles. The Kier molecular flexibility index (Phi) is 8.11. The molecule has 8 heteroatoms. The summed E-state index contributed by atoms with van der Waals surface area (Å²) in [5.41, 5.74) is 8.08. The third-order valence-electron chi connectivity index (χ3n) is 4.64. The molecule has 1 atom stereocenters. The molecule has 0 radical (unpaired) electrons. The Morgan fingerprint density at radius 1 is 1.31 bits per heavy atom. The Balaban J connectivity index is 0.00000169. The molecule has 6 nitrogen and oxygen atoms in total. The number of carbonyl (C=O) groups is 1. The van der Waals surface area contributed by atoms with E-state index >= 15 is 0 Å². The van der Waals surface area contributed by atoms with Crippen LogP contribution in [0.4, 0.5) is 11.5 Å². The average molecular weight is 398 g/mol. The van der Waals surface area contributed by atoms with Gasteiger partial charge in [-0.15, -0.1) is 29.9 Å². The largest absolute Gasteiger partial charge is 0.399 e. The van der Waals surface area contributed by atoms with Crippen LogP contribution >= 0.6 is 24.8 Å². The van der Waals surface area contributed by atoms with Gasteiger partial charge in [0.05, 0.1) is 0 Å². The molecule has 0 spiro atoms. The smallest absolute Gasteiger partial charge is 0.254 e. The van der Waals surface area contributed by atoms with Crippen molar-refractivity contribution >= 4 is 42.2 Å². The van der Waals surface area contributed by atoms with E-state index in [1.807, 2.05) is 43.1 Å². The number of anilines is 2. The highest BCUT2D eigenvalue weighted by atomic mass is 35.5. The molecule has 3 rings (SSSR count). The number of hydrogen-bond acceptors (Lipinski definition) is 5. The Labute approximate surface area is 166 Å². The molecule has 2 heterocycles. The van der Waals surface area contributed by atoms with E-state index in [0.717, 1.165) is 37.3 Å². The minimum absolute atomic E-state index is 0. The summed E-state index contributed by atoms with van der Waals surface area (Å²) in [6.07, 6.45) is 3.68. The molecule has 1 saturated heterocycles. The van der Waals surface area contributed by atoms with Gasteiger partial charge in [-0.1, -0.05) is 6.07 Å². The van der Waals surface area contributed by atoms with Crippen LogP contribution in [0.15, 0.2) is 36.5 Å². The van der Waals surface area contributed by atoms with Crippen molar-refractivity contribution < 1.29 is 4.79 Å². The molecule has 2 aromatic rings. The van der Waals surface area contributed by atoms with E-state index in [2.05, 4.69) is 15.1 Å². The zero-order valence-corrected chi connectivity index (χ0v) is 16.6. The van der Waals surface area contributed by atoms with Crippen molar-refractivity contribution in [2.24, 2.45) is 0 Å². The van der Waals surface area contributed by atoms with Gasteiger partial charge in [0.2, 0.25) is 0 Å². The number of hydrogen-bond donors (Lipinski definition) is 1. The minimum atomic E-state index is 0. The van der Waals surface area contributed by atoms with Crippen molar-refractivity contribution in [2.75, 3.05) is 30.8 Å². The van der Waals surface area contributed by atoms with E-state index in [9.17, 15) is 4.79 Å². The van der Waals surface area contributed by atoms with Crippen LogP contribution in [0, 0.1) is 6.92 Å². The molecular weight excluding hydrogens is 373 g/mol. The number of aromatic nitrogens is 2. The maximum absolute atomic E-state index is 12.9. The summed E-state index contributed by atoms with van der Waals surface area (Å²) in [6.45, 7) is 3.64. The lowest BCUT2D eigenvalue weighted by Gasteiger charge is -2.38. The van der Waals surface area contributed by atoms with Gasteiger partial charge in [-0.05, 0) is 49.6 Å². The lowest BCUT2D eigenvalue weighted by molar-refractivity contribution is 0.0716. The Hall–Kier alpha value is -2.05. The van der Waals surface area contributed by atoms with E-state index < -0.39 is 0 Å². The molecular formula is C18H25Cl2N5O. The lowest BCUT2D eigenvalue weighted by Crippen LogP contribution is -2.49. The van der Waals surface area contributed by atoms with Crippen LogP contribution in [-0.2, 0) is 0 Å². The minimum Gasteiger partial charge on any atom is -0.399 e. The number of nitrogens with zero attached hydrogens (tertiary/aromatic N) is 4. The normalized spacial score (nSPS) is 16.2. The highest BCUT2D eigenvalue weighted by molar-refractivity contribution is 5.96. The number of likely N-dealkylation sites (N-methyl/N-ethyl adjacent to an activating group) is 1. The summed E-state index contributed by atoms with van der Waals surface area (Å²) in [4.78, 5) is 16.9. The number of nitrogens with two attached hydrogens (primary N) is 1. The second-order valence-electron chi connectivity index (χ2n) is 6.31.